The monoisotopic (exact) mass is 239 g/mol. The third-order valence-electron chi connectivity index (χ3n) is 1.48. The second kappa shape index (κ2) is 6.05. The first-order chi connectivity index (χ1) is 7.63. The summed E-state index contributed by atoms with van der Waals surface area (Å²) in [5.74, 6) is -0.256. The number of hydrogen-bond donors (Lipinski definition) is 0. The maximum absolute atomic E-state index is 11.0. The molecule has 0 saturated heterocycles. The highest BCUT2D eigenvalue weighted by Gasteiger charge is 2.18. The van der Waals surface area contributed by atoms with Crippen LogP contribution in [0.15, 0.2) is 28.3 Å². The van der Waals surface area contributed by atoms with E-state index in [2.05, 4.69) is 22.6 Å². The van der Waals surface area contributed by atoms with Crippen LogP contribution in [-0.4, -0.2) is 30.1 Å². The zero-order chi connectivity index (χ0) is 12.0. The Kier molecular flexibility index (Phi) is 4.69. The van der Waals surface area contributed by atoms with Crippen molar-refractivity contribution in [3.63, 3.8) is 0 Å². The van der Waals surface area contributed by atoms with Crippen molar-refractivity contribution < 1.29 is 14.3 Å². The van der Waals surface area contributed by atoms with Crippen LogP contribution in [0.2, 0.25) is 0 Å². The molecular formula is C10H11N2O3S+. The van der Waals surface area contributed by atoms with Gasteiger partial charge in [-0.2, -0.15) is 4.99 Å². The van der Waals surface area contributed by atoms with Crippen LogP contribution in [0.4, 0.5) is 0 Å². The van der Waals surface area contributed by atoms with Gasteiger partial charge in [0.05, 0.1) is 0 Å². The summed E-state index contributed by atoms with van der Waals surface area (Å²) in [6.07, 6.45) is 5.98. The molecular weight excluding hydrogens is 228 g/mol. The van der Waals surface area contributed by atoms with Gasteiger partial charge >= 0.3 is 17.9 Å². The van der Waals surface area contributed by atoms with Crippen molar-refractivity contribution in [1.29, 1.82) is 0 Å². The van der Waals surface area contributed by atoms with Gasteiger partial charge in [-0.25, -0.2) is 4.79 Å². The molecule has 0 spiro atoms. The molecule has 0 bridgehead atoms. The Balaban J connectivity index is 2.37. The van der Waals surface area contributed by atoms with Crippen LogP contribution in [0, 0.1) is 6.08 Å². The van der Waals surface area contributed by atoms with Crippen molar-refractivity contribution in [2.75, 3.05) is 13.0 Å². The summed E-state index contributed by atoms with van der Waals surface area (Å²) in [7, 11) is 0. The third-order valence-corrected chi connectivity index (χ3v) is 2.04. The van der Waals surface area contributed by atoms with Crippen molar-refractivity contribution in [1.82, 2.24) is 0 Å². The first-order valence-electron chi connectivity index (χ1n) is 4.37. The van der Waals surface area contributed by atoms with E-state index in [9.17, 15) is 4.79 Å². The van der Waals surface area contributed by atoms with E-state index in [1.807, 2.05) is 6.26 Å². The van der Waals surface area contributed by atoms with E-state index in [-0.39, 0.29) is 12.7 Å². The SMILES string of the molecule is C=C(C)C(=O)OCOC1=NC(SC)=NC=[C+]1. The number of rotatable bonds is 3. The van der Waals surface area contributed by atoms with E-state index in [0.29, 0.717) is 10.7 Å². The maximum atomic E-state index is 11.0. The molecule has 6 heteroatoms. The molecule has 0 aromatic carbocycles. The van der Waals surface area contributed by atoms with Crippen LogP contribution in [0.25, 0.3) is 0 Å². The van der Waals surface area contributed by atoms with Gasteiger partial charge in [-0.05, 0) is 13.2 Å². The highest BCUT2D eigenvalue weighted by Crippen LogP contribution is 2.06. The Morgan fingerprint density at radius 1 is 1.69 bits per heavy atom. The molecule has 0 aromatic heterocycles. The predicted molar refractivity (Wildman–Crippen MR) is 63.1 cm³/mol. The summed E-state index contributed by atoms with van der Waals surface area (Å²) in [6, 6.07) is 0. The number of carbonyl (C=O) groups excluding carboxylic acids is 1. The molecule has 0 saturated carbocycles. The molecule has 0 aromatic rings. The number of nitrogens with zero attached hydrogens (tertiary/aromatic N) is 2. The van der Waals surface area contributed by atoms with E-state index in [1.165, 1.54) is 18.0 Å². The summed E-state index contributed by atoms with van der Waals surface area (Å²) in [5, 5.41) is 0.569. The first kappa shape index (κ1) is 12.4. The van der Waals surface area contributed by atoms with E-state index in [4.69, 9.17) is 9.47 Å². The number of hydrogen-bond acceptors (Lipinski definition) is 6. The molecule has 1 heterocycles. The van der Waals surface area contributed by atoms with Crippen LogP contribution in [0.5, 0.6) is 0 Å². The maximum Gasteiger partial charge on any atom is 0.482 e. The number of aliphatic imine (C=N–C) groups is 2. The summed E-state index contributed by atoms with van der Waals surface area (Å²) in [5.41, 5.74) is 0.320. The molecule has 0 radical (unpaired) electrons. The first-order valence-corrected chi connectivity index (χ1v) is 5.60. The molecule has 0 N–H and O–H groups in total. The van der Waals surface area contributed by atoms with Crippen LogP contribution in [0.3, 0.4) is 0 Å². The van der Waals surface area contributed by atoms with E-state index < -0.39 is 5.97 Å². The molecule has 16 heavy (non-hydrogen) atoms. The van der Waals surface area contributed by atoms with Crippen LogP contribution < -0.4 is 0 Å². The smallest absolute Gasteiger partial charge is 0.424 e. The normalized spacial score (nSPS) is 13.4. The average Bonchev–Trinajstić information content (AvgIpc) is 2.29. The van der Waals surface area contributed by atoms with Gasteiger partial charge in [0, 0.05) is 5.57 Å². The van der Waals surface area contributed by atoms with Crippen molar-refractivity contribution in [2.24, 2.45) is 9.98 Å². The number of ether oxygens (including phenoxy) is 2. The van der Waals surface area contributed by atoms with Gasteiger partial charge in [0.2, 0.25) is 6.79 Å². The predicted octanol–water partition coefficient (Wildman–Crippen LogP) is 1.53. The summed E-state index contributed by atoms with van der Waals surface area (Å²) >= 11 is 1.38. The molecule has 84 valence electrons. The number of esters is 1. The number of amidine groups is 1. The minimum atomic E-state index is -0.501. The zero-order valence-electron chi connectivity index (χ0n) is 9.02. The fraction of sp³-hybridized carbons (Fsp3) is 0.300. The quantitative estimate of drug-likeness (QED) is 0.324. The van der Waals surface area contributed by atoms with Crippen LogP contribution >= 0.6 is 11.8 Å². The number of thioether (sulfide) groups is 1. The Hall–Kier alpha value is -1.65. The van der Waals surface area contributed by atoms with Gasteiger partial charge < -0.3 is 9.47 Å². The fourth-order valence-electron chi connectivity index (χ4n) is 0.725. The molecule has 0 unspecified atom stereocenters. The molecule has 5 nitrogen and oxygen atoms in total. The molecule has 1 aliphatic heterocycles. The lowest BCUT2D eigenvalue weighted by Crippen LogP contribution is -2.14. The summed E-state index contributed by atoms with van der Waals surface area (Å²) < 4.78 is 9.80. The van der Waals surface area contributed by atoms with Crippen molar-refractivity contribution >= 4 is 28.8 Å². The average molecular weight is 239 g/mol. The molecule has 0 aliphatic carbocycles. The van der Waals surface area contributed by atoms with Gasteiger partial charge in [0.25, 0.3) is 6.20 Å². The van der Waals surface area contributed by atoms with Crippen molar-refractivity contribution in [3.05, 3.63) is 24.4 Å². The Labute approximate surface area is 97.9 Å². The second-order valence-electron chi connectivity index (χ2n) is 2.78. The van der Waals surface area contributed by atoms with Crippen LogP contribution in [0.1, 0.15) is 6.92 Å². The van der Waals surface area contributed by atoms with Gasteiger partial charge in [0.1, 0.15) is 0 Å². The number of carbonyl (C=O) groups is 1. The van der Waals surface area contributed by atoms with Gasteiger partial charge in [-0.1, -0.05) is 18.3 Å². The van der Waals surface area contributed by atoms with E-state index in [0.717, 1.165) is 0 Å². The molecule has 0 amide bonds. The lowest BCUT2D eigenvalue weighted by atomic mass is 10.4. The molecule has 0 fully saturated rings. The minimum absolute atomic E-state index is 0.215. The van der Waals surface area contributed by atoms with Gasteiger partial charge in [-0.3, -0.25) is 0 Å². The second-order valence-corrected chi connectivity index (χ2v) is 3.55. The Bertz CT molecular complexity index is 386. The van der Waals surface area contributed by atoms with E-state index >= 15 is 0 Å². The standard InChI is InChI=1S/C10H11N2O3S/c1-7(2)9(13)15-6-14-8-4-5-11-10(12-8)16-3/h5H,1,6H2,2-3H3/q+1. The highest BCUT2D eigenvalue weighted by atomic mass is 32.2. The third kappa shape index (κ3) is 3.84. The van der Waals surface area contributed by atoms with E-state index in [1.54, 1.807) is 6.92 Å². The zero-order valence-corrected chi connectivity index (χ0v) is 9.84. The van der Waals surface area contributed by atoms with Crippen molar-refractivity contribution in [2.45, 2.75) is 6.92 Å². The summed E-state index contributed by atoms with van der Waals surface area (Å²) in [4.78, 5) is 18.9. The van der Waals surface area contributed by atoms with Crippen LogP contribution in [-0.2, 0) is 14.3 Å². The van der Waals surface area contributed by atoms with Gasteiger partial charge in [-0.15, -0.1) is 4.99 Å². The lowest BCUT2D eigenvalue weighted by molar-refractivity contribution is -0.145. The van der Waals surface area contributed by atoms with Crippen molar-refractivity contribution in [3.8, 4) is 0 Å². The molecule has 1 aliphatic rings. The lowest BCUT2D eigenvalue weighted by Gasteiger charge is -2.02. The Morgan fingerprint density at radius 2 is 2.44 bits per heavy atom. The largest absolute Gasteiger partial charge is 0.482 e. The highest BCUT2D eigenvalue weighted by molar-refractivity contribution is 8.13. The Morgan fingerprint density at radius 3 is 3.06 bits per heavy atom. The molecule has 0 atom stereocenters. The van der Waals surface area contributed by atoms with Gasteiger partial charge in [0.15, 0.2) is 5.17 Å². The topological polar surface area (TPSA) is 60.2 Å². The minimum Gasteiger partial charge on any atom is -0.424 e. The fourth-order valence-corrected chi connectivity index (χ4v) is 1.06. The molecule has 1 rings (SSSR count). The summed E-state index contributed by atoms with van der Waals surface area (Å²) in [6.45, 7) is 4.79.